The third-order valence-corrected chi connectivity index (χ3v) is 3.73. The van der Waals surface area contributed by atoms with Crippen LogP contribution in [0, 0.1) is 17.3 Å². The molecule has 0 saturated heterocycles. The minimum absolute atomic E-state index is 0.641. The lowest BCUT2D eigenvalue weighted by atomic mass is 9.99. The highest BCUT2D eigenvalue weighted by Crippen LogP contribution is 2.55. The fourth-order valence-corrected chi connectivity index (χ4v) is 2.39. The number of hydrogen-bond acceptors (Lipinski definition) is 1. The molecule has 2 fully saturated rings. The largest absolute Gasteiger partial charge is 0.317 e. The van der Waals surface area contributed by atoms with Gasteiger partial charge in [0.15, 0.2) is 0 Å². The molecule has 2 saturated carbocycles. The molecule has 70 valence electrons. The van der Waals surface area contributed by atoms with E-state index in [0.29, 0.717) is 5.41 Å². The van der Waals surface area contributed by atoms with Crippen molar-refractivity contribution >= 4 is 0 Å². The van der Waals surface area contributed by atoms with Crippen molar-refractivity contribution in [2.24, 2.45) is 17.3 Å². The lowest BCUT2D eigenvalue weighted by Gasteiger charge is -2.17. The third-order valence-electron chi connectivity index (χ3n) is 3.73. The van der Waals surface area contributed by atoms with Crippen LogP contribution in [0.4, 0.5) is 0 Å². The summed E-state index contributed by atoms with van der Waals surface area (Å²) >= 11 is 0. The molecule has 2 rings (SSSR count). The zero-order valence-electron chi connectivity index (χ0n) is 8.56. The zero-order chi connectivity index (χ0) is 8.77. The Kier molecular flexibility index (Phi) is 1.95. The molecule has 1 nitrogen and oxygen atoms in total. The molecule has 2 aliphatic rings. The molecule has 0 radical (unpaired) electrons. The Bertz CT molecular complexity index is 170. The maximum absolute atomic E-state index is 3.49. The molecule has 0 aliphatic heterocycles. The topological polar surface area (TPSA) is 12.0 Å². The first-order valence-corrected chi connectivity index (χ1v) is 5.31. The van der Waals surface area contributed by atoms with Gasteiger partial charge in [-0.3, -0.25) is 0 Å². The summed E-state index contributed by atoms with van der Waals surface area (Å²) in [5.74, 6) is 2.03. The molecule has 0 aromatic heterocycles. The standard InChI is InChI=1S/C11H21N/c1-11(2)7-9(11)10(12-3)6-8-4-5-8/h8-10,12H,4-7H2,1-3H3. The van der Waals surface area contributed by atoms with E-state index in [1.165, 1.54) is 25.7 Å². The molecule has 0 aromatic rings. The number of nitrogens with one attached hydrogen (secondary N) is 1. The first kappa shape index (κ1) is 8.55. The zero-order valence-corrected chi connectivity index (χ0v) is 8.56. The van der Waals surface area contributed by atoms with Gasteiger partial charge >= 0.3 is 0 Å². The Morgan fingerprint density at radius 2 is 2.00 bits per heavy atom. The van der Waals surface area contributed by atoms with Gasteiger partial charge < -0.3 is 5.32 Å². The predicted octanol–water partition coefficient (Wildman–Crippen LogP) is 2.42. The van der Waals surface area contributed by atoms with Crippen molar-refractivity contribution in [2.75, 3.05) is 7.05 Å². The van der Waals surface area contributed by atoms with E-state index in [0.717, 1.165) is 17.9 Å². The second-order valence-electron chi connectivity index (χ2n) is 5.37. The number of rotatable bonds is 4. The Morgan fingerprint density at radius 3 is 2.33 bits per heavy atom. The van der Waals surface area contributed by atoms with Crippen LogP contribution in [0.25, 0.3) is 0 Å². The van der Waals surface area contributed by atoms with Crippen LogP contribution in [0.15, 0.2) is 0 Å². The smallest absolute Gasteiger partial charge is 0.0100 e. The maximum atomic E-state index is 3.49. The van der Waals surface area contributed by atoms with Gasteiger partial charge in [-0.25, -0.2) is 0 Å². The molecule has 0 aromatic carbocycles. The minimum Gasteiger partial charge on any atom is -0.317 e. The van der Waals surface area contributed by atoms with Gasteiger partial charge in [0.25, 0.3) is 0 Å². The highest BCUT2D eigenvalue weighted by atomic mass is 14.9. The summed E-state index contributed by atoms with van der Waals surface area (Å²) in [6, 6.07) is 0.812. The molecular weight excluding hydrogens is 146 g/mol. The van der Waals surface area contributed by atoms with E-state index in [4.69, 9.17) is 0 Å². The van der Waals surface area contributed by atoms with Crippen molar-refractivity contribution in [3.8, 4) is 0 Å². The van der Waals surface area contributed by atoms with Gasteiger partial charge in [0.05, 0.1) is 0 Å². The molecule has 0 heterocycles. The van der Waals surface area contributed by atoms with Crippen LogP contribution in [-0.2, 0) is 0 Å². The summed E-state index contributed by atoms with van der Waals surface area (Å²) in [4.78, 5) is 0. The van der Waals surface area contributed by atoms with E-state index in [9.17, 15) is 0 Å². The molecule has 2 aliphatic carbocycles. The molecule has 0 amide bonds. The van der Waals surface area contributed by atoms with Gasteiger partial charge in [-0.1, -0.05) is 26.7 Å². The Labute approximate surface area is 75.9 Å². The molecule has 2 atom stereocenters. The van der Waals surface area contributed by atoms with Gasteiger partial charge in [0.1, 0.15) is 0 Å². The molecule has 0 spiro atoms. The van der Waals surface area contributed by atoms with Crippen LogP contribution in [-0.4, -0.2) is 13.1 Å². The van der Waals surface area contributed by atoms with Gasteiger partial charge in [0, 0.05) is 6.04 Å². The van der Waals surface area contributed by atoms with Crippen LogP contribution in [0.1, 0.15) is 39.5 Å². The van der Waals surface area contributed by atoms with Crippen molar-refractivity contribution < 1.29 is 0 Å². The van der Waals surface area contributed by atoms with Crippen LogP contribution in [0.5, 0.6) is 0 Å². The SMILES string of the molecule is CNC(CC1CC1)C1CC1(C)C. The van der Waals surface area contributed by atoms with Crippen molar-refractivity contribution in [1.29, 1.82) is 0 Å². The lowest BCUT2D eigenvalue weighted by molar-refractivity contribution is 0.392. The van der Waals surface area contributed by atoms with Crippen LogP contribution < -0.4 is 5.32 Å². The maximum Gasteiger partial charge on any atom is 0.0100 e. The Hall–Kier alpha value is -0.0400. The molecule has 1 N–H and O–H groups in total. The van der Waals surface area contributed by atoms with E-state index in [2.05, 4.69) is 26.2 Å². The van der Waals surface area contributed by atoms with E-state index in [1.807, 2.05) is 0 Å². The first-order valence-electron chi connectivity index (χ1n) is 5.31. The molecule has 12 heavy (non-hydrogen) atoms. The molecule has 2 unspecified atom stereocenters. The average Bonchev–Trinajstić information content (AvgIpc) is 2.85. The number of hydrogen-bond donors (Lipinski definition) is 1. The van der Waals surface area contributed by atoms with Gasteiger partial charge in [-0.2, -0.15) is 0 Å². The molecule has 1 heteroatoms. The van der Waals surface area contributed by atoms with E-state index < -0.39 is 0 Å². The van der Waals surface area contributed by atoms with Crippen LogP contribution >= 0.6 is 0 Å². The van der Waals surface area contributed by atoms with E-state index in [1.54, 1.807) is 0 Å². The fourth-order valence-electron chi connectivity index (χ4n) is 2.39. The lowest BCUT2D eigenvalue weighted by Crippen LogP contribution is -2.29. The van der Waals surface area contributed by atoms with E-state index >= 15 is 0 Å². The summed E-state index contributed by atoms with van der Waals surface area (Å²) in [5, 5.41) is 3.49. The van der Waals surface area contributed by atoms with Crippen LogP contribution in [0.3, 0.4) is 0 Å². The summed E-state index contributed by atoms with van der Waals surface area (Å²) in [7, 11) is 2.13. The Balaban J connectivity index is 1.82. The minimum atomic E-state index is 0.641. The van der Waals surface area contributed by atoms with Crippen LogP contribution in [0.2, 0.25) is 0 Å². The summed E-state index contributed by atoms with van der Waals surface area (Å²) in [6.07, 6.45) is 5.85. The quantitative estimate of drug-likeness (QED) is 0.678. The first-order chi connectivity index (χ1) is 5.63. The highest BCUT2D eigenvalue weighted by molar-refractivity contribution is 5.02. The predicted molar refractivity (Wildman–Crippen MR) is 52.1 cm³/mol. The third kappa shape index (κ3) is 1.66. The fraction of sp³-hybridized carbons (Fsp3) is 1.00. The second kappa shape index (κ2) is 2.73. The Morgan fingerprint density at radius 1 is 1.42 bits per heavy atom. The van der Waals surface area contributed by atoms with Crippen molar-refractivity contribution in [3.63, 3.8) is 0 Å². The van der Waals surface area contributed by atoms with Gasteiger partial charge in [-0.05, 0) is 37.1 Å². The van der Waals surface area contributed by atoms with Gasteiger partial charge in [-0.15, -0.1) is 0 Å². The summed E-state index contributed by atoms with van der Waals surface area (Å²) < 4.78 is 0. The average molecular weight is 167 g/mol. The molecule has 0 bridgehead atoms. The monoisotopic (exact) mass is 167 g/mol. The summed E-state index contributed by atoms with van der Waals surface area (Å²) in [5.41, 5.74) is 0.641. The van der Waals surface area contributed by atoms with Gasteiger partial charge in [0.2, 0.25) is 0 Å². The van der Waals surface area contributed by atoms with Crippen molar-refractivity contribution in [2.45, 2.75) is 45.6 Å². The summed E-state index contributed by atoms with van der Waals surface area (Å²) in [6.45, 7) is 4.80. The van der Waals surface area contributed by atoms with Crippen molar-refractivity contribution in [3.05, 3.63) is 0 Å². The molecular formula is C11H21N. The second-order valence-corrected chi connectivity index (χ2v) is 5.37. The van der Waals surface area contributed by atoms with E-state index in [-0.39, 0.29) is 0 Å². The van der Waals surface area contributed by atoms with Crippen molar-refractivity contribution in [1.82, 2.24) is 5.32 Å². The normalized spacial score (nSPS) is 34.8. The highest BCUT2D eigenvalue weighted by Gasteiger charge is 2.50.